The summed E-state index contributed by atoms with van der Waals surface area (Å²) in [4.78, 5) is 25.9. The molecule has 0 saturated heterocycles. The zero-order valence-electron chi connectivity index (χ0n) is 10.2. The molecule has 1 aromatic heterocycles. The highest BCUT2D eigenvalue weighted by Gasteiger charge is 2.06. The van der Waals surface area contributed by atoms with Gasteiger partial charge in [0.15, 0.2) is 0 Å². The van der Waals surface area contributed by atoms with Crippen LogP contribution in [0.2, 0.25) is 0 Å². The van der Waals surface area contributed by atoms with Crippen LogP contribution in [0.15, 0.2) is 18.3 Å². The molecule has 0 atom stereocenters. The summed E-state index contributed by atoms with van der Waals surface area (Å²) < 4.78 is 4.89. The molecule has 1 aromatic rings. The summed E-state index contributed by atoms with van der Waals surface area (Å²) in [6, 6.07) is 2.81. The molecule has 0 aliphatic rings. The van der Waals surface area contributed by atoms with Crippen molar-refractivity contribution in [3.63, 3.8) is 0 Å². The van der Waals surface area contributed by atoms with E-state index in [0.29, 0.717) is 12.3 Å². The third-order valence-electron chi connectivity index (χ3n) is 2.21. The molecule has 98 valence electrons. The molecule has 0 unspecified atom stereocenters. The summed E-state index contributed by atoms with van der Waals surface area (Å²) in [6.45, 7) is 2.53. The molecule has 1 amide bonds. The monoisotopic (exact) mass is 252 g/mol. The molecule has 0 radical (unpaired) electrons. The van der Waals surface area contributed by atoms with Gasteiger partial charge in [-0.2, -0.15) is 0 Å². The van der Waals surface area contributed by atoms with E-state index in [1.165, 1.54) is 18.3 Å². The number of hydrogen-bond donors (Lipinski definition) is 2. The second-order valence-corrected chi connectivity index (χ2v) is 3.68. The lowest BCUT2D eigenvalue weighted by molar-refractivity contribution is 0.0696. The predicted octanol–water partition coefficient (Wildman–Crippen LogP) is 1.81. The van der Waals surface area contributed by atoms with Gasteiger partial charge in [-0.05, 0) is 18.6 Å². The van der Waals surface area contributed by atoms with Gasteiger partial charge < -0.3 is 15.2 Å². The van der Waals surface area contributed by atoms with E-state index in [0.717, 1.165) is 12.8 Å². The van der Waals surface area contributed by atoms with Crippen molar-refractivity contribution in [1.29, 1.82) is 0 Å². The average molecular weight is 252 g/mol. The molecule has 6 nitrogen and oxygen atoms in total. The van der Waals surface area contributed by atoms with Crippen LogP contribution in [0.25, 0.3) is 0 Å². The molecule has 2 N–H and O–H groups in total. The summed E-state index contributed by atoms with van der Waals surface area (Å²) >= 11 is 0. The van der Waals surface area contributed by atoms with Crippen molar-refractivity contribution in [3.05, 3.63) is 29.6 Å². The first kappa shape index (κ1) is 14.0. The number of carbonyl (C=O) groups excluding carboxylic acids is 1. The van der Waals surface area contributed by atoms with Crippen LogP contribution in [0.3, 0.4) is 0 Å². The number of amides is 1. The SMILES string of the molecule is CCCCOC(=O)NCc1cc(C(=O)O)ccn1. The average Bonchev–Trinajstić information content (AvgIpc) is 2.37. The van der Waals surface area contributed by atoms with Gasteiger partial charge in [-0.25, -0.2) is 9.59 Å². The fourth-order valence-corrected chi connectivity index (χ4v) is 1.23. The van der Waals surface area contributed by atoms with Gasteiger partial charge in [0.2, 0.25) is 0 Å². The van der Waals surface area contributed by atoms with E-state index in [-0.39, 0.29) is 12.1 Å². The van der Waals surface area contributed by atoms with Gasteiger partial charge in [0.1, 0.15) is 0 Å². The lowest BCUT2D eigenvalue weighted by Crippen LogP contribution is -2.24. The highest BCUT2D eigenvalue weighted by molar-refractivity contribution is 5.87. The minimum Gasteiger partial charge on any atom is -0.478 e. The molecule has 0 bridgehead atoms. The smallest absolute Gasteiger partial charge is 0.407 e. The van der Waals surface area contributed by atoms with Crippen LogP contribution < -0.4 is 5.32 Å². The Hall–Kier alpha value is -2.11. The number of nitrogens with one attached hydrogen (secondary N) is 1. The van der Waals surface area contributed by atoms with E-state index in [1.807, 2.05) is 6.92 Å². The van der Waals surface area contributed by atoms with Gasteiger partial charge in [-0.3, -0.25) is 4.98 Å². The molecule has 6 heteroatoms. The van der Waals surface area contributed by atoms with E-state index in [4.69, 9.17) is 9.84 Å². The Morgan fingerprint density at radius 1 is 1.50 bits per heavy atom. The van der Waals surface area contributed by atoms with Crippen molar-refractivity contribution in [2.45, 2.75) is 26.3 Å². The number of carboxylic acid groups (broad SMARTS) is 1. The van der Waals surface area contributed by atoms with E-state index in [1.54, 1.807) is 0 Å². The summed E-state index contributed by atoms with van der Waals surface area (Å²) in [5.41, 5.74) is 0.614. The van der Waals surface area contributed by atoms with Crippen molar-refractivity contribution in [2.24, 2.45) is 0 Å². The number of ether oxygens (including phenoxy) is 1. The normalized spacial score (nSPS) is 9.83. The van der Waals surface area contributed by atoms with Crippen molar-refractivity contribution in [2.75, 3.05) is 6.61 Å². The van der Waals surface area contributed by atoms with Crippen LogP contribution in [0.5, 0.6) is 0 Å². The fourth-order valence-electron chi connectivity index (χ4n) is 1.23. The topological polar surface area (TPSA) is 88.5 Å². The molecular weight excluding hydrogens is 236 g/mol. The Bertz CT molecular complexity index is 420. The molecule has 1 heterocycles. The fraction of sp³-hybridized carbons (Fsp3) is 0.417. The second-order valence-electron chi connectivity index (χ2n) is 3.68. The first-order valence-electron chi connectivity index (χ1n) is 5.72. The Balaban J connectivity index is 2.41. The lowest BCUT2D eigenvalue weighted by Gasteiger charge is -2.06. The van der Waals surface area contributed by atoms with E-state index in [2.05, 4.69) is 10.3 Å². The van der Waals surface area contributed by atoms with Crippen LogP contribution in [0.1, 0.15) is 35.8 Å². The number of rotatable bonds is 6. The van der Waals surface area contributed by atoms with Crippen molar-refractivity contribution in [3.8, 4) is 0 Å². The molecule has 0 aliphatic carbocycles. The largest absolute Gasteiger partial charge is 0.478 e. The Labute approximate surface area is 105 Å². The first-order chi connectivity index (χ1) is 8.63. The van der Waals surface area contributed by atoms with Crippen molar-refractivity contribution in [1.82, 2.24) is 10.3 Å². The molecule has 0 aromatic carbocycles. The summed E-state index contributed by atoms with van der Waals surface area (Å²) in [7, 11) is 0. The molecule has 18 heavy (non-hydrogen) atoms. The molecular formula is C12H16N2O4. The second kappa shape index (κ2) is 7.26. The minimum atomic E-state index is -1.02. The van der Waals surface area contributed by atoms with Gasteiger partial charge in [-0.1, -0.05) is 13.3 Å². The Kier molecular flexibility index (Phi) is 5.63. The maximum atomic E-state index is 11.2. The number of carboxylic acids is 1. The summed E-state index contributed by atoms with van der Waals surface area (Å²) in [6.07, 6.45) is 2.64. The molecule has 0 spiro atoms. The number of carbonyl (C=O) groups is 2. The highest BCUT2D eigenvalue weighted by atomic mass is 16.5. The van der Waals surface area contributed by atoms with E-state index >= 15 is 0 Å². The Morgan fingerprint density at radius 2 is 2.28 bits per heavy atom. The van der Waals surface area contributed by atoms with Gasteiger partial charge in [0.05, 0.1) is 24.4 Å². The molecule has 1 rings (SSSR count). The van der Waals surface area contributed by atoms with Gasteiger partial charge in [0, 0.05) is 6.20 Å². The first-order valence-corrected chi connectivity index (χ1v) is 5.72. The number of unbranched alkanes of at least 4 members (excludes halogenated alkanes) is 1. The molecule has 0 fully saturated rings. The summed E-state index contributed by atoms with van der Waals surface area (Å²) in [5.74, 6) is -1.02. The van der Waals surface area contributed by atoms with Crippen LogP contribution >= 0.6 is 0 Å². The van der Waals surface area contributed by atoms with E-state index in [9.17, 15) is 9.59 Å². The minimum absolute atomic E-state index is 0.140. The number of pyridine rings is 1. The Morgan fingerprint density at radius 3 is 2.94 bits per heavy atom. The quantitative estimate of drug-likeness (QED) is 0.754. The molecule has 0 saturated carbocycles. The predicted molar refractivity (Wildman–Crippen MR) is 64.3 cm³/mol. The zero-order chi connectivity index (χ0) is 13.4. The number of hydrogen-bond acceptors (Lipinski definition) is 4. The summed E-state index contributed by atoms with van der Waals surface area (Å²) in [5, 5.41) is 11.3. The third-order valence-corrected chi connectivity index (χ3v) is 2.21. The maximum Gasteiger partial charge on any atom is 0.407 e. The lowest BCUT2D eigenvalue weighted by atomic mass is 10.2. The molecule has 0 aliphatic heterocycles. The van der Waals surface area contributed by atoms with Crippen LogP contribution in [-0.2, 0) is 11.3 Å². The van der Waals surface area contributed by atoms with Gasteiger partial charge in [-0.15, -0.1) is 0 Å². The van der Waals surface area contributed by atoms with Crippen LogP contribution in [0.4, 0.5) is 4.79 Å². The number of nitrogens with zero attached hydrogens (tertiary/aromatic N) is 1. The van der Waals surface area contributed by atoms with Crippen LogP contribution in [0, 0.1) is 0 Å². The van der Waals surface area contributed by atoms with Crippen LogP contribution in [-0.4, -0.2) is 28.8 Å². The van der Waals surface area contributed by atoms with Gasteiger partial charge >= 0.3 is 12.1 Å². The zero-order valence-corrected chi connectivity index (χ0v) is 10.2. The van der Waals surface area contributed by atoms with Crippen molar-refractivity contribution >= 4 is 12.1 Å². The third kappa shape index (κ3) is 4.82. The standard InChI is InChI=1S/C12H16N2O4/c1-2-3-6-18-12(17)14-8-10-7-9(11(15)16)4-5-13-10/h4-5,7H,2-3,6,8H2,1H3,(H,14,17)(H,15,16). The highest BCUT2D eigenvalue weighted by Crippen LogP contribution is 2.01. The maximum absolute atomic E-state index is 11.2. The number of alkyl carbamates (subject to hydrolysis) is 1. The van der Waals surface area contributed by atoms with E-state index < -0.39 is 12.1 Å². The number of aromatic carboxylic acids is 1. The van der Waals surface area contributed by atoms with Crippen molar-refractivity contribution < 1.29 is 19.4 Å². The number of aromatic nitrogens is 1. The van der Waals surface area contributed by atoms with Gasteiger partial charge in [0.25, 0.3) is 0 Å².